The Morgan fingerprint density at radius 2 is 1.95 bits per heavy atom. The number of benzene rings is 1. The maximum atomic E-state index is 12.3. The molecule has 1 aromatic carbocycles. The van der Waals surface area contributed by atoms with Crippen LogP contribution in [0.25, 0.3) is 0 Å². The quantitative estimate of drug-likeness (QED) is 0.894. The molecule has 2 rings (SSSR count). The van der Waals surface area contributed by atoms with E-state index in [0.717, 1.165) is 30.1 Å². The number of halogens is 2. The molecule has 1 aliphatic rings. The molecular formula is C16H23Cl2N2O+. The predicted octanol–water partition coefficient (Wildman–Crippen LogP) is 2.06. The number of amides is 1. The Balaban J connectivity index is 1.88. The molecule has 5 heteroatoms. The number of hydrogen-bond acceptors (Lipinski definition) is 2. The lowest BCUT2D eigenvalue weighted by atomic mass is 10.1. The number of carbonyl (C=O) groups is 1. The zero-order chi connectivity index (χ0) is 15.4. The first kappa shape index (κ1) is 16.8. The van der Waals surface area contributed by atoms with E-state index < -0.39 is 0 Å². The lowest BCUT2D eigenvalue weighted by Crippen LogP contribution is -3.13. The van der Waals surface area contributed by atoms with E-state index >= 15 is 0 Å². The molecule has 0 spiro atoms. The zero-order valence-electron chi connectivity index (χ0n) is 12.7. The smallest absolute Gasteiger partial charge is 0.295 e. The monoisotopic (exact) mass is 329 g/mol. The first-order valence-electron chi connectivity index (χ1n) is 7.51. The Morgan fingerprint density at radius 1 is 1.29 bits per heavy atom. The summed E-state index contributed by atoms with van der Waals surface area (Å²) in [5.74, 6) is 0.194. The van der Waals surface area contributed by atoms with E-state index in [2.05, 4.69) is 11.8 Å². The molecule has 1 aliphatic heterocycles. The predicted molar refractivity (Wildman–Crippen MR) is 87.2 cm³/mol. The topological polar surface area (TPSA) is 24.8 Å². The number of carbonyl (C=O) groups excluding carboxylic acids is 1. The van der Waals surface area contributed by atoms with Gasteiger partial charge in [0.25, 0.3) is 0 Å². The van der Waals surface area contributed by atoms with Crippen LogP contribution in [-0.2, 0) is 11.2 Å². The van der Waals surface area contributed by atoms with Gasteiger partial charge in [-0.05, 0) is 50.6 Å². The Kier molecular flexibility index (Phi) is 6.06. The van der Waals surface area contributed by atoms with Crippen molar-refractivity contribution in [1.29, 1.82) is 0 Å². The van der Waals surface area contributed by atoms with Crippen LogP contribution in [0.3, 0.4) is 0 Å². The van der Waals surface area contributed by atoms with Gasteiger partial charge in [0.1, 0.15) is 0 Å². The highest BCUT2D eigenvalue weighted by Crippen LogP contribution is 2.22. The lowest BCUT2D eigenvalue weighted by molar-refractivity contribution is -0.800. The van der Waals surface area contributed by atoms with E-state index in [1.807, 2.05) is 13.1 Å². The van der Waals surface area contributed by atoms with Crippen molar-refractivity contribution in [2.45, 2.75) is 32.2 Å². The van der Waals surface area contributed by atoms with Crippen molar-refractivity contribution in [3.8, 4) is 0 Å². The van der Waals surface area contributed by atoms with Crippen LogP contribution in [0.4, 0.5) is 0 Å². The number of hydrogen-bond donors (Lipinski definition) is 1. The maximum Gasteiger partial charge on any atom is 0.316 e. The Bertz CT molecular complexity index is 501. The molecule has 116 valence electrons. The average Bonchev–Trinajstić information content (AvgIpc) is 2.97. The van der Waals surface area contributed by atoms with Crippen LogP contribution in [0.5, 0.6) is 0 Å². The molecule has 0 bridgehead atoms. The van der Waals surface area contributed by atoms with Gasteiger partial charge >= 0.3 is 5.91 Å². The van der Waals surface area contributed by atoms with Gasteiger partial charge in [0, 0.05) is 0 Å². The van der Waals surface area contributed by atoms with Crippen LogP contribution < -0.4 is 4.90 Å². The minimum absolute atomic E-state index is 0.194. The maximum absolute atomic E-state index is 12.3. The van der Waals surface area contributed by atoms with E-state index in [-0.39, 0.29) is 5.91 Å². The summed E-state index contributed by atoms with van der Waals surface area (Å²) in [5, 5.41) is 1.03. The summed E-state index contributed by atoms with van der Waals surface area (Å²) in [6, 6.07) is 5.84. The number of likely N-dealkylation sites (tertiary alicyclic amines) is 1. The fraction of sp³-hybridized carbons (Fsp3) is 0.562. The molecule has 0 radical (unpaired) electrons. The van der Waals surface area contributed by atoms with Crippen molar-refractivity contribution in [3.63, 3.8) is 0 Å². The zero-order valence-corrected chi connectivity index (χ0v) is 14.2. The number of nitrogens with one attached hydrogen (secondary N) is 1. The summed E-state index contributed by atoms with van der Waals surface area (Å²) < 4.78 is 0. The molecule has 1 amide bonds. The van der Waals surface area contributed by atoms with Crippen LogP contribution in [0.2, 0.25) is 10.0 Å². The van der Waals surface area contributed by atoms with Gasteiger partial charge in [-0.15, -0.1) is 0 Å². The van der Waals surface area contributed by atoms with Crippen LogP contribution in [0.15, 0.2) is 18.2 Å². The molecule has 0 aliphatic carbocycles. The molecule has 3 nitrogen and oxygen atoms in total. The molecule has 2 atom stereocenters. The van der Waals surface area contributed by atoms with Crippen LogP contribution in [0.1, 0.15) is 25.3 Å². The second-order valence-corrected chi connectivity index (χ2v) is 6.74. The third-order valence-electron chi connectivity index (χ3n) is 4.19. The summed E-state index contributed by atoms with van der Waals surface area (Å²) in [6.07, 6.45) is 2.96. The molecule has 1 N–H and O–H groups in total. The Hall–Kier alpha value is -0.610. The Labute approximate surface area is 136 Å². The van der Waals surface area contributed by atoms with E-state index in [1.54, 1.807) is 12.1 Å². The molecule has 1 unspecified atom stereocenters. The number of nitrogens with zero attached hydrogens (tertiary/aromatic N) is 1. The van der Waals surface area contributed by atoms with Crippen LogP contribution in [0, 0.1) is 0 Å². The highest BCUT2D eigenvalue weighted by atomic mass is 35.5. The summed E-state index contributed by atoms with van der Waals surface area (Å²) in [5.41, 5.74) is 0.919. The lowest BCUT2D eigenvalue weighted by Gasteiger charge is -2.25. The van der Waals surface area contributed by atoms with Crippen molar-refractivity contribution in [3.05, 3.63) is 33.8 Å². The molecule has 0 saturated carbocycles. The fourth-order valence-corrected chi connectivity index (χ4v) is 3.17. The van der Waals surface area contributed by atoms with Crippen molar-refractivity contribution >= 4 is 29.1 Å². The fourth-order valence-electron chi connectivity index (χ4n) is 2.85. The highest BCUT2D eigenvalue weighted by Gasteiger charge is 2.24. The molecule has 1 heterocycles. The van der Waals surface area contributed by atoms with Gasteiger partial charge in [-0.3, -0.25) is 9.80 Å². The highest BCUT2D eigenvalue weighted by molar-refractivity contribution is 6.42. The van der Waals surface area contributed by atoms with Gasteiger partial charge in [-0.2, -0.15) is 0 Å². The molecule has 1 fully saturated rings. The van der Waals surface area contributed by atoms with E-state index in [4.69, 9.17) is 23.2 Å². The minimum atomic E-state index is 0.194. The van der Waals surface area contributed by atoms with Crippen molar-refractivity contribution in [2.75, 3.05) is 26.7 Å². The summed E-state index contributed by atoms with van der Waals surface area (Å²) in [4.78, 5) is 15.7. The average molecular weight is 330 g/mol. The first-order valence-corrected chi connectivity index (χ1v) is 8.26. The van der Waals surface area contributed by atoms with Gasteiger partial charge in [-0.25, -0.2) is 4.79 Å². The first-order chi connectivity index (χ1) is 9.97. The van der Waals surface area contributed by atoms with Gasteiger partial charge in [0.05, 0.1) is 36.1 Å². The van der Waals surface area contributed by atoms with E-state index in [1.165, 1.54) is 12.8 Å². The van der Waals surface area contributed by atoms with Gasteiger partial charge in [-0.1, -0.05) is 29.3 Å². The van der Waals surface area contributed by atoms with Gasteiger partial charge in [0.2, 0.25) is 0 Å². The molecular weight excluding hydrogens is 307 g/mol. The standard InChI is InChI=1S/C16H22Cl2N2O/c1-12(20-7-3-4-8-20)11-19(2)16(21)10-13-5-6-14(17)15(18)9-13/h5-6,9,12H,3-4,7-8,10-11H2,1-2H3/p+1/t12-/m0/s1. The number of rotatable bonds is 5. The van der Waals surface area contributed by atoms with Gasteiger partial charge in [0.15, 0.2) is 0 Å². The van der Waals surface area contributed by atoms with Crippen molar-refractivity contribution in [2.24, 2.45) is 0 Å². The molecule has 21 heavy (non-hydrogen) atoms. The van der Waals surface area contributed by atoms with Gasteiger partial charge < -0.3 is 0 Å². The molecule has 1 aromatic rings. The number of likely N-dealkylation sites (N-methyl/N-ethyl adjacent to an activating group) is 1. The third-order valence-corrected chi connectivity index (χ3v) is 4.93. The molecule has 0 aromatic heterocycles. The van der Waals surface area contributed by atoms with Crippen molar-refractivity contribution in [1.82, 2.24) is 4.90 Å². The third kappa shape index (κ3) is 4.68. The van der Waals surface area contributed by atoms with Crippen LogP contribution >= 0.6 is 23.2 Å². The minimum Gasteiger partial charge on any atom is -0.295 e. The van der Waals surface area contributed by atoms with Crippen LogP contribution in [-0.4, -0.2) is 43.5 Å². The summed E-state index contributed by atoms with van der Waals surface area (Å²) >= 11 is 11.9. The molecule has 1 saturated heterocycles. The largest absolute Gasteiger partial charge is 0.316 e. The SMILES string of the molecule is C[C@@H](C[NH+](C)C(=O)Cc1ccc(Cl)c(Cl)c1)N1CCCC1. The normalized spacial score (nSPS) is 18.7. The second kappa shape index (κ2) is 7.59. The van der Waals surface area contributed by atoms with E-state index in [9.17, 15) is 4.79 Å². The van der Waals surface area contributed by atoms with E-state index in [0.29, 0.717) is 22.5 Å². The number of quaternary nitrogens is 1. The Morgan fingerprint density at radius 3 is 2.57 bits per heavy atom. The second-order valence-electron chi connectivity index (χ2n) is 5.92. The summed E-state index contributed by atoms with van der Waals surface area (Å²) in [6.45, 7) is 5.38. The van der Waals surface area contributed by atoms with Crippen molar-refractivity contribution < 1.29 is 9.69 Å². The summed E-state index contributed by atoms with van der Waals surface area (Å²) in [7, 11) is 1.95.